The summed E-state index contributed by atoms with van der Waals surface area (Å²) in [5.41, 5.74) is 4.02. The largest absolute Gasteiger partial charge is 0.385 e. The van der Waals surface area contributed by atoms with Crippen LogP contribution in [0.25, 0.3) is 6.08 Å². The lowest BCUT2D eigenvalue weighted by Gasteiger charge is -2.39. The number of aryl methyl sites for hydroxylation is 1. The minimum Gasteiger partial charge on any atom is -0.385 e. The number of fused-ring (bicyclic) bond motifs is 1. The molecule has 0 aliphatic carbocycles. The second kappa shape index (κ2) is 8.45. The highest BCUT2D eigenvalue weighted by Gasteiger charge is 2.37. The molecule has 0 saturated carbocycles. The van der Waals surface area contributed by atoms with Gasteiger partial charge in [-0.25, -0.2) is 4.98 Å². The number of likely N-dealkylation sites (tertiary alicyclic amines) is 1. The molecule has 2 aliphatic rings. The van der Waals surface area contributed by atoms with E-state index in [9.17, 15) is 14.3 Å². The van der Waals surface area contributed by atoms with Gasteiger partial charge in [0, 0.05) is 47.8 Å². The fourth-order valence-electron chi connectivity index (χ4n) is 4.84. The minimum atomic E-state index is -1.10. The van der Waals surface area contributed by atoms with Crippen LogP contribution in [0.4, 0.5) is 15.8 Å². The van der Waals surface area contributed by atoms with Crippen LogP contribution in [-0.4, -0.2) is 40.5 Å². The zero-order chi connectivity index (χ0) is 23.0. The molecule has 168 valence electrons. The van der Waals surface area contributed by atoms with E-state index < -0.39 is 11.5 Å². The van der Waals surface area contributed by atoms with Crippen LogP contribution >= 0.6 is 0 Å². The van der Waals surface area contributed by atoms with Gasteiger partial charge in [0.2, 0.25) is 5.95 Å². The Labute approximate surface area is 192 Å². The monoisotopic (exact) mass is 443 g/mol. The first-order chi connectivity index (χ1) is 15.9. The van der Waals surface area contributed by atoms with Crippen molar-refractivity contribution in [3.05, 3.63) is 95.1 Å². The Bertz CT molecular complexity index is 1210. The van der Waals surface area contributed by atoms with E-state index in [2.05, 4.69) is 34.2 Å². The number of aromatic nitrogens is 1. The number of hydrogen-bond donors (Lipinski definition) is 1. The number of carbonyl (C=O) groups is 1. The van der Waals surface area contributed by atoms with Crippen molar-refractivity contribution in [3.8, 4) is 0 Å². The van der Waals surface area contributed by atoms with E-state index >= 15 is 0 Å². The number of hydrogen-bond acceptors (Lipinski definition) is 4. The average Bonchev–Trinajstić information content (AvgIpc) is 2.84. The molecule has 1 N–H and O–H groups in total. The number of pyridine rings is 1. The second-order valence-electron chi connectivity index (χ2n) is 8.71. The lowest BCUT2D eigenvalue weighted by Crippen LogP contribution is -2.45. The normalized spacial score (nSPS) is 17.1. The fourth-order valence-corrected chi connectivity index (χ4v) is 4.84. The van der Waals surface area contributed by atoms with Crippen LogP contribution in [0.15, 0.2) is 66.7 Å². The Morgan fingerprint density at radius 1 is 1.03 bits per heavy atom. The summed E-state index contributed by atoms with van der Waals surface area (Å²) in [6.45, 7) is 3.34. The zero-order valence-electron chi connectivity index (χ0n) is 18.5. The molecule has 2 aliphatic heterocycles. The molecule has 0 radical (unpaired) electrons. The number of nitrogens with zero attached hydrogens (tertiary/aromatic N) is 3. The molecule has 33 heavy (non-hydrogen) atoms. The lowest BCUT2D eigenvalue weighted by molar-refractivity contribution is -0.0219. The molecule has 1 saturated heterocycles. The predicted octanol–water partition coefficient (Wildman–Crippen LogP) is 4.82. The molecular weight excluding hydrogens is 417 g/mol. The topological polar surface area (TPSA) is 56.7 Å². The maximum atomic E-state index is 13.4. The third-order valence-corrected chi connectivity index (χ3v) is 6.67. The van der Waals surface area contributed by atoms with Crippen molar-refractivity contribution in [1.29, 1.82) is 0 Å². The maximum Gasteiger partial charge on any atom is 0.253 e. The average molecular weight is 444 g/mol. The first kappa shape index (κ1) is 21.3. The highest BCUT2D eigenvalue weighted by Crippen LogP contribution is 2.35. The Hall–Kier alpha value is -3.51. The highest BCUT2D eigenvalue weighted by atomic mass is 19.1. The molecule has 0 spiro atoms. The Morgan fingerprint density at radius 3 is 2.48 bits per heavy atom. The van der Waals surface area contributed by atoms with Crippen molar-refractivity contribution in [1.82, 2.24) is 9.88 Å². The van der Waals surface area contributed by atoms with Crippen molar-refractivity contribution < 1.29 is 14.3 Å². The molecule has 0 bridgehead atoms. The van der Waals surface area contributed by atoms with E-state index in [0.717, 1.165) is 17.9 Å². The van der Waals surface area contributed by atoms with Gasteiger partial charge in [-0.1, -0.05) is 30.4 Å². The minimum absolute atomic E-state index is 0.0449. The maximum absolute atomic E-state index is 13.4. The van der Waals surface area contributed by atoms with Gasteiger partial charge in [0.1, 0.15) is 0 Å². The van der Waals surface area contributed by atoms with E-state index in [-0.39, 0.29) is 5.91 Å². The van der Waals surface area contributed by atoms with Crippen LogP contribution in [0.3, 0.4) is 0 Å². The van der Waals surface area contributed by atoms with Crippen molar-refractivity contribution in [2.75, 3.05) is 24.5 Å². The van der Waals surface area contributed by atoms with Crippen LogP contribution in [0.2, 0.25) is 0 Å². The number of anilines is 2. The van der Waals surface area contributed by atoms with Gasteiger partial charge in [-0.05, 0) is 67.8 Å². The van der Waals surface area contributed by atoms with Gasteiger partial charge in [-0.2, -0.15) is 4.39 Å². The SMILES string of the molecule is Cc1nc(F)ccc1C1(O)CCN(C(=O)c2ccc(N3CC=Cc4ccccc43)cc2)CC1. The summed E-state index contributed by atoms with van der Waals surface area (Å²) in [6, 6.07) is 18.8. The number of benzene rings is 2. The molecule has 5 nitrogen and oxygen atoms in total. The second-order valence-corrected chi connectivity index (χ2v) is 8.71. The summed E-state index contributed by atoms with van der Waals surface area (Å²) >= 11 is 0. The molecule has 0 atom stereocenters. The fraction of sp³-hybridized carbons (Fsp3) is 0.259. The lowest BCUT2D eigenvalue weighted by atomic mass is 9.83. The van der Waals surface area contributed by atoms with E-state index in [1.807, 2.05) is 36.4 Å². The summed E-state index contributed by atoms with van der Waals surface area (Å²) < 4.78 is 13.4. The van der Waals surface area contributed by atoms with E-state index in [4.69, 9.17) is 0 Å². The summed E-state index contributed by atoms with van der Waals surface area (Å²) in [4.78, 5) is 20.9. The van der Waals surface area contributed by atoms with Gasteiger partial charge in [0.25, 0.3) is 5.91 Å². The number of amides is 1. The quantitative estimate of drug-likeness (QED) is 0.590. The summed E-state index contributed by atoms with van der Waals surface area (Å²) in [7, 11) is 0. The van der Waals surface area contributed by atoms with E-state index in [0.29, 0.717) is 42.8 Å². The number of halogens is 1. The molecule has 1 fully saturated rings. The van der Waals surface area contributed by atoms with Crippen LogP contribution < -0.4 is 4.90 Å². The molecule has 3 heterocycles. The first-order valence-electron chi connectivity index (χ1n) is 11.2. The molecule has 6 heteroatoms. The number of para-hydroxylation sites is 1. The van der Waals surface area contributed by atoms with Crippen LogP contribution in [0.1, 0.15) is 40.0 Å². The summed E-state index contributed by atoms with van der Waals surface area (Å²) in [6.07, 6.45) is 5.04. The van der Waals surface area contributed by atoms with Gasteiger partial charge in [0.05, 0.1) is 5.60 Å². The first-order valence-corrected chi connectivity index (χ1v) is 11.2. The van der Waals surface area contributed by atoms with Gasteiger partial charge in [-0.3, -0.25) is 4.79 Å². The Balaban J connectivity index is 1.28. The Kier molecular flexibility index (Phi) is 5.46. The molecule has 0 unspecified atom stereocenters. The van der Waals surface area contributed by atoms with Crippen molar-refractivity contribution in [2.45, 2.75) is 25.4 Å². The van der Waals surface area contributed by atoms with Crippen LogP contribution in [0.5, 0.6) is 0 Å². The van der Waals surface area contributed by atoms with Gasteiger partial charge >= 0.3 is 0 Å². The third-order valence-electron chi connectivity index (χ3n) is 6.67. The van der Waals surface area contributed by atoms with Crippen molar-refractivity contribution >= 4 is 23.4 Å². The van der Waals surface area contributed by atoms with Gasteiger partial charge in [0.15, 0.2) is 0 Å². The molecule has 5 rings (SSSR count). The molecule has 2 aromatic carbocycles. The van der Waals surface area contributed by atoms with Gasteiger partial charge < -0.3 is 14.9 Å². The number of rotatable bonds is 3. The summed E-state index contributed by atoms with van der Waals surface area (Å²) in [5, 5.41) is 11.1. The standard InChI is InChI=1S/C27H26FN3O2/c1-19-23(12-13-25(28)29-19)27(33)14-17-30(18-15-27)26(32)21-8-10-22(11-9-21)31-16-4-6-20-5-2-3-7-24(20)31/h2-13,33H,14-18H2,1H3. The van der Waals surface area contributed by atoms with E-state index in [1.165, 1.54) is 11.6 Å². The molecule has 1 aromatic heterocycles. The smallest absolute Gasteiger partial charge is 0.253 e. The van der Waals surface area contributed by atoms with Crippen LogP contribution in [-0.2, 0) is 5.60 Å². The van der Waals surface area contributed by atoms with Crippen molar-refractivity contribution in [2.24, 2.45) is 0 Å². The number of piperidine rings is 1. The molecular formula is C27H26FN3O2. The Morgan fingerprint density at radius 2 is 1.76 bits per heavy atom. The number of aliphatic hydroxyl groups is 1. The third kappa shape index (κ3) is 4.02. The number of carbonyl (C=O) groups excluding carboxylic acids is 1. The van der Waals surface area contributed by atoms with Gasteiger partial charge in [-0.15, -0.1) is 0 Å². The summed E-state index contributed by atoms with van der Waals surface area (Å²) in [5.74, 6) is -0.600. The van der Waals surface area contributed by atoms with Crippen molar-refractivity contribution in [3.63, 3.8) is 0 Å². The highest BCUT2D eigenvalue weighted by molar-refractivity contribution is 5.95. The molecule has 1 amide bonds. The molecule has 3 aromatic rings. The zero-order valence-corrected chi connectivity index (χ0v) is 18.5. The predicted molar refractivity (Wildman–Crippen MR) is 127 cm³/mol. The van der Waals surface area contributed by atoms with Crippen LogP contribution in [0, 0.1) is 12.9 Å². The van der Waals surface area contributed by atoms with E-state index in [1.54, 1.807) is 17.9 Å².